The number of aryl methyl sites for hydroxylation is 2. The molecule has 1 atom stereocenters. The van der Waals surface area contributed by atoms with E-state index in [0.717, 1.165) is 30.9 Å². The monoisotopic (exact) mass is 354 g/mol. The van der Waals surface area contributed by atoms with Gasteiger partial charge < -0.3 is 15.0 Å². The van der Waals surface area contributed by atoms with Gasteiger partial charge in [0, 0.05) is 25.7 Å². The van der Waals surface area contributed by atoms with Gasteiger partial charge in [0.15, 0.2) is 0 Å². The van der Waals surface area contributed by atoms with Gasteiger partial charge >= 0.3 is 0 Å². The van der Waals surface area contributed by atoms with Crippen molar-refractivity contribution in [2.75, 3.05) is 25.5 Å². The first kappa shape index (κ1) is 20.0. The first-order valence-corrected chi connectivity index (χ1v) is 9.13. The molecule has 4 nitrogen and oxygen atoms in total. The van der Waals surface area contributed by atoms with Crippen LogP contribution in [0.15, 0.2) is 42.5 Å². The first-order chi connectivity index (χ1) is 12.3. The molecule has 0 spiro atoms. The number of anilines is 1. The fourth-order valence-corrected chi connectivity index (χ4v) is 3.03. The molecule has 0 bridgehead atoms. The number of amides is 1. The number of hydrogen-bond acceptors (Lipinski definition) is 3. The highest BCUT2D eigenvalue weighted by Gasteiger charge is 2.11. The number of nitrogens with one attached hydrogen (secondary N) is 1. The van der Waals surface area contributed by atoms with Crippen LogP contribution in [-0.2, 0) is 11.2 Å². The van der Waals surface area contributed by atoms with Crippen LogP contribution in [0.25, 0.3) is 0 Å². The van der Waals surface area contributed by atoms with E-state index in [2.05, 4.69) is 68.4 Å². The second kappa shape index (κ2) is 9.39. The normalized spacial score (nSPS) is 12.1. The van der Waals surface area contributed by atoms with Gasteiger partial charge in [-0.3, -0.25) is 4.79 Å². The minimum atomic E-state index is -0.0460. The molecule has 0 saturated carbocycles. The van der Waals surface area contributed by atoms with Crippen LogP contribution in [0.1, 0.15) is 30.5 Å². The minimum absolute atomic E-state index is 0.0460. The molecule has 0 fully saturated rings. The van der Waals surface area contributed by atoms with Crippen LogP contribution < -0.4 is 10.1 Å². The molecular weight excluding hydrogens is 324 g/mol. The summed E-state index contributed by atoms with van der Waals surface area (Å²) in [5.74, 6) is 0.956. The zero-order valence-electron chi connectivity index (χ0n) is 16.5. The van der Waals surface area contributed by atoms with Gasteiger partial charge in [0.05, 0.1) is 0 Å². The lowest BCUT2D eigenvalue weighted by molar-refractivity contribution is -0.114. The van der Waals surface area contributed by atoms with Crippen molar-refractivity contribution in [1.82, 2.24) is 4.90 Å². The van der Waals surface area contributed by atoms with Gasteiger partial charge in [-0.05, 0) is 63.1 Å². The van der Waals surface area contributed by atoms with Crippen LogP contribution in [0.5, 0.6) is 5.75 Å². The summed E-state index contributed by atoms with van der Waals surface area (Å²) in [6.07, 6.45) is 1.09. The van der Waals surface area contributed by atoms with E-state index >= 15 is 0 Å². The van der Waals surface area contributed by atoms with Crippen LogP contribution in [0, 0.1) is 13.8 Å². The quantitative estimate of drug-likeness (QED) is 0.772. The van der Waals surface area contributed by atoms with Gasteiger partial charge in [-0.2, -0.15) is 0 Å². The van der Waals surface area contributed by atoms with Crippen LogP contribution in [-0.4, -0.2) is 37.0 Å². The van der Waals surface area contributed by atoms with E-state index in [1.165, 1.54) is 23.6 Å². The third-order valence-corrected chi connectivity index (χ3v) is 4.35. The molecule has 0 heterocycles. The van der Waals surface area contributed by atoms with E-state index in [-0.39, 0.29) is 12.0 Å². The summed E-state index contributed by atoms with van der Waals surface area (Å²) in [5.41, 5.74) is 4.46. The van der Waals surface area contributed by atoms with Crippen molar-refractivity contribution in [1.29, 1.82) is 0 Å². The SMILES string of the molecule is CC(=O)Nc1ccc(CCN(C)CC(C)Oc2c(C)cccc2C)cc1. The largest absolute Gasteiger partial charge is 0.489 e. The molecule has 2 aromatic carbocycles. The number of ether oxygens (including phenoxy) is 1. The standard InChI is InChI=1S/C22H30N2O2/c1-16-7-6-8-17(2)22(16)26-18(3)15-24(5)14-13-20-9-11-21(12-10-20)23-19(4)25/h6-12,18H,13-15H2,1-5H3,(H,23,25). The van der Waals surface area contributed by atoms with Crippen LogP contribution in [0.4, 0.5) is 5.69 Å². The van der Waals surface area contributed by atoms with E-state index < -0.39 is 0 Å². The Morgan fingerprint density at radius 2 is 1.73 bits per heavy atom. The van der Waals surface area contributed by atoms with Crippen molar-refractivity contribution in [3.8, 4) is 5.75 Å². The summed E-state index contributed by atoms with van der Waals surface area (Å²) in [4.78, 5) is 13.4. The molecule has 0 saturated heterocycles. The second-order valence-corrected chi connectivity index (χ2v) is 7.04. The average molecular weight is 354 g/mol. The molecule has 0 aliphatic heterocycles. The zero-order chi connectivity index (χ0) is 19.1. The maximum atomic E-state index is 11.1. The molecule has 0 aromatic heterocycles. The lowest BCUT2D eigenvalue weighted by atomic mass is 10.1. The van der Waals surface area contributed by atoms with Crippen molar-refractivity contribution >= 4 is 11.6 Å². The van der Waals surface area contributed by atoms with E-state index in [9.17, 15) is 4.79 Å². The highest BCUT2D eigenvalue weighted by molar-refractivity contribution is 5.88. The van der Waals surface area contributed by atoms with Crippen molar-refractivity contribution in [2.45, 2.75) is 40.2 Å². The molecule has 2 aromatic rings. The fourth-order valence-electron chi connectivity index (χ4n) is 3.03. The van der Waals surface area contributed by atoms with Gasteiger partial charge in [-0.25, -0.2) is 0 Å². The molecule has 2 rings (SSSR count). The number of carbonyl (C=O) groups is 1. The number of carbonyl (C=O) groups excluding carboxylic acids is 1. The van der Waals surface area contributed by atoms with Crippen LogP contribution in [0.3, 0.4) is 0 Å². The number of benzene rings is 2. The molecular formula is C22H30N2O2. The summed E-state index contributed by atoms with van der Waals surface area (Å²) in [6, 6.07) is 14.3. The Hall–Kier alpha value is -2.33. The Balaban J connectivity index is 1.81. The molecule has 0 aliphatic rings. The van der Waals surface area contributed by atoms with Gasteiger partial charge in [-0.1, -0.05) is 30.3 Å². The predicted octanol–water partition coefficient (Wildman–Crippen LogP) is 4.20. The van der Waals surface area contributed by atoms with Crippen molar-refractivity contribution in [3.05, 3.63) is 59.2 Å². The molecule has 1 amide bonds. The van der Waals surface area contributed by atoms with E-state index in [1.54, 1.807) is 0 Å². The fraction of sp³-hybridized carbons (Fsp3) is 0.409. The van der Waals surface area contributed by atoms with E-state index in [0.29, 0.717) is 0 Å². The minimum Gasteiger partial charge on any atom is -0.489 e. The van der Waals surface area contributed by atoms with Crippen LogP contribution >= 0.6 is 0 Å². The molecule has 1 N–H and O–H groups in total. The summed E-state index contributed by atoms with van der Waals surface area (Å²) in [5, 5.41) is 2.79. The maximum Gasteiger partial charge on any atom is 0.221 e. The number of para-hydroxylation sites is 1. The lowest BCUT2D eigenvalue weighted by Crippen LogP contribution is -2.32. The summed E-state index contributed by atoms with van der Waals surface area (Å²) >= 11 is 0. The van der Waals surface area contributed by atoms with Crippen LogP contribution in [0.2, 0.25) is 0 Å². The number of likely N-dealkylation sites (N-methyl/N-ethyl adjacent to an activating group) is 1. The van der Waals surface area contributed by atoms with Crippen molar-refractivity contribution < 1.29 is 9.53 Å². The Morgan fingerprint density at radius 3 is 2.31 bits per heavy atom. The smallest absolute Gasteiger partial charge is 0.221 e. The Labute approximate surface area is 157 Å². The topological polar surface area (TPSA) is 41.6 Å². The third kappa shape index (κ3) is 6.19. The number of hydrogen-bond donors (Lipinski definition) is 1. The zero-order valence-corrected chi connectivity index (χ0v) is 16.5. The number of nitrogens with zero attached hydrogens (tertiary/aromatic N) is 1. The van der Waals surface area contributed by atoms with Gasteiger partial charge in [0.25, 0.3) is 0 Å². The molecule has 0 radical (unpaired) electrons. The van der Waals surface area contributed by atoms with Gasteiger partial charge in [-0.15, -0.1) is 0 Å². The average Bonchev–Trinajstić information content (AvgIpc) is 2.57. The van der Waals surface area contributed by atoms with Crippen molar-refractivity contribution in [3.63, 3.8) is 0 Å². The van der Waals surface area contributed by atoms with E-state index in [4.69, 9.17) is 4.74 Å². The predicted molar refractivity (Wildman–Crippen MR) is 108 cm³/mol. The molecule has 1 unspecified atom stereocenters. The lowest BCUT2D eigenvalue weighted by Gasteiger charge is -2.24. The maximum absolute atomic E-state index is 11.1. The Morgan fingerprint density at radius 1 is 1.12 bits per heavy atom. The summed E-state index contributed by atoms with van der Waals surface area (Å²) in [7, 11) is 2.12. The highest BCUT2D eigenvalue weighted by Crippen LogP contribution is 2.23. The highest BCUT2D eigenvalue weighted by atomic mass is 16.5. The molecule has 140 valence electrons. The van der Waals surface area contributed by atoms with Gasteiger partial charge in [0.2, 0.25) is 5.91 Å². The number of rotatable bonds is 8. The van der Waals surface area contributed by atoms with E-state index in [1.807, 2.05) is 12.1 Å². The molecule has 4 heteroatoms. The summed E-state index contributed by atoms with van der Waals surface area (Å²) < 4.78 is 6.17. The Kier molecular flexibility index (Phi) is 7.22. The third-order valence-electron chi connectivity index (χ3n) is 4.35. The van der Waals surface area contributed by atoms with Crippen molar-refractivity contribution in [2.24, 2.45) is 0 Å². The summed E-state index contributed by atoms with van der Waals surface area (Å²) in [6.45, 7) is 9.64. The molecule has 0 aliphatic carbocycles. The first-order valence-electron chi connectivity index (χ1n) is 9.13. The van der Waals surface area contributed by atoms with Gasteiger partial charge in [0.1, 0.15) is 11.9 Å². The molecule has 26 heavy (non-hydrogen) atoms. The second-order valence-electron chi connectivity index (χ2n) is 7.04. The Bertz CT molecular complexity index is 705.